The Balaban J connectivity index is 3.01. The van der Waals surface area contributed by atoms with Gasteiger partial charge in [0.05, 0.1) is 16.0 Å². The van der Waals surface area contributed by atoms with Crippen LogP contribution in [-0.4, -0.2) is 0 Å². The number of hydrogen-bond acceptors (Lipinski definition) is 2. The third-order valence-electron chi connectivity index (χ3n) is 2.00. The summed E-state index contributed by atoms with van der Waals surface area (Å²) in [6.07, 6.45) is 1.33. The molecule has 0 radical (unpaired) electrons. The molecule has 2 aromatic rings. The molecule has 0 spiro atoms. The Bertz CT molecular complexity index is 546. The average Bonchev–Trinajstić information content (AvgIpc) is 2.23. The van der Waals surface area contributed by atoms with Gasteiger partial charge in [0.1, 0.15) is 6.07 Å². The van der Waals surface area contributed by atoms with Gasteiger partial charge in [-0.2, -0.15) is 9.99 Å². The number of benzene rings is 1. The number of pyridine rings is 1. The molecule has 1 aromatic carbocycles. The molecule has 0 aliphatic carbocycles. The van der Waals surface area contributed by atoms with Crippen LogP contribution in [0.1, 0.15) is 5.56 Å². The van der Waals surface area contributed by atoms with E-state index in [-0.39, 0.29) is 0 Å². The van der Waals surface area contributed by atoms with E-state index in [2.05, 4.69) is 0 Å². The van der Waals surface area contributed by atoms with Gasteiger partial charge in [-0.1, -0.05) is 17.7 Å². The zero-order chi connectivity index (χ0) is 10.1. The van der Waals surface area contributed by atoms with Gasteiger partial charge in [0, 0.05) is 12.1 Å². The highest BCUT2D eigenvalue weighted by Gasteiger charge is 2.10. The Hall–Kier alpha value is -1.79. The molecule has 0 amide bonds. The molecule has 14 heavy (non-hydrogen) atoms. The van der Waals surface area contributed by atoms with Crippen LogP contribution in [0.15, 0.2) is 30.5 Å². The fourth-order valence-electron chi connectivity index (χ4n) is 1.36. The summed E-state index contributed by atoms with van der Waals surface area (Å²) in [6.45, 7) is 0. The normalized spacial score (nSPS) is 10.0. The second-order valence-corrected chi connectivity index (χ2v) is 3.21. The minimum absolute atomic E-state index is 0.413. The smallest absolute Gasteiger partial charge is 0.226 e. The van der Waals surface area contributed by atoms with Crippen LogP contribution in [0.25, 0.3) is 10.9 Å². The summed E-state index contributed by atoms with van der Waals surface area (Å²) in [5.41, 5.74) is 0.828. The molecule has 0 aliphatic rings. The lowest BCUT2D eigenvalue weighted by Gasteiger charge is -2.03. The maximum atomic E-state index is 11.3. The van der Waals surface area contributed by atoms with Crippen molar-refractivity contribution in [2.45, 2.75) is 0 Å². The first-order valence-corrected chi connectivity index (χ1v) is 4.32. The molecular weight excluding hydrogens is 200 g/mol. The molecular formula is C10H5ClN2O. The van der Waals surface area contributed by atoms with Crippen molar-refractivity contribution in [3.63, 3.8) is 0 Å². The molecule has 0 unspecified atom stereocenters. The Morgan fingerprint density at radius 1 is 1.36 bits per heavy atom. The fourth-order valence-corrected chi connectivity index (χ4v) is 1.62. The van der Waals surface area contributed by atoms with Crippen molar-refractivity contribution in [1.29, 1.82) is 5.26 Å². The Labute approximate surface area is 85.4 Å². The number of hydrogen-bond donors (Lipinski definition) is 0. The maximum Gasteiger partial charge on any atom is 0.226 e. The SMILES string of the molecule is N#Cc1cccc2c1c(Cl)cc[n+]2[O-]. The van der Waals surface area contributed by atoms with Crippen molar-refractivity contribution in [3.05, 3.63) is 46.3 Å². The molecule has 4 heteroatoms. The van der Waals surface area contributed by atoms with E-state index < -0.39 is 0 Å². The van der Waals surface area contributed by atoms with E-state index in [0.29, 0.717) is 26.2 Å². The van der Waals surface area contributed by atoms with Crippen LogP contribution in [0.3, 0.4) is 0 Å². The van der Waals surface area contributed by atoms with Crippen molar-refractivity contribution in [3.8, 4) is 6.07 Å². The fraction of sp³-hybridized carbons (Fsp3) is 0. The Kier molecular flexibility index (Phi) is 1.99. The van der Waals surface area contributed by atoms with E-state index in [0.717, 1.165) is 0 Å². The van der Waals surface area contributed by atoms with E-state index >= 15 is 0 Å². The molecule has 2 rings (SSSR count). The summed E-state index contributed by atoms with van der Waals surface area (Å²) in [5, 5.41) is 21.1. The zero-order valence-corrected chi connectivity index (χ0v) is 7.82. The summed E-state index contributed by atoms with van der Waals surface area (Å²) >= 11 is 5.91. The predicted octanol–water partition coefficient (Wildman–Crippen LogP) is 2.00. The van der Waals surface area contributed by atoms with Crippen molar-refractivity contribution >= 4 is 22.5 Å². The van der Waals surface area contributed by atoms with Gasteiger partial charge in [-0.25, -0.2) is 0 Å². The Morgan fingerprint density at radius 3 is 2.86 bits per heavy atom. The van der Waals surface area contributed by atoms with Crippen molar-refractivity contribution in [2.24, 2.45) is 0 Å². The van der Waals surface area contributed by atoms with Gasteiger partial charge in [-0.05, 0) is 6.07 Å². The summed E-state index contributed by atoms with van der Waals surface area (Å²) in [5.74, 6) is 0. The number of nitrogens with zero attached hydrogens (tertiary/aromatic N) is 2. The van der Waals surface area contributed by atoms with E-state index in [4.69, 9.17) is 16.9 Å². The number of rotatable bonds is 0. The van der Waals surface area contributed by atoms with Crippen LogP contribution in [-0.2, 0) is 0 Å². The van der Waals surface area contributed by atoms with E-state index in [1.165, 1.54) is 12.3 Å². The lowest BCUT2D eigenvalue weighted by molar-refractivity contribution is -0.577. The predicted molar refractivity (Wildman–Crippen MR) is 52.6 cm³/mol. The van der Waals surface area contributed by atoms with Gasteiger partial charge in [-0.15, -0.1) is 0 Å². The lowest BCUT2D eigenvalue weighted by atomic mass is 10.1. The summed E-state index contributed by atoms with van der Waals surface area (Å²) < 4.78 is 0.696. The first-order valence-electron chi connectivity index (χ1n) is 3.94. The highest BCUT2D eigenvalue weighted by atomic mass is 35.5. The third-order valence-corrected chi connectivity index (χ3v) is 2.31. The number of aromatic nitrogens is 1. The summed E-state index contributed by atoms with van der Waals surface area (Å²) in [4.78, 5) is 0. The van der Waals surface area contributed by atoms with Crippen LogP contribution >= 0.6 is 11.6 Å². The molecule has 0 atom stereocenters. The highest BCUT2D eigenvalue weighted by Crippen LogP contribution is 2.23. The molecule has 0 bridgehead atoms. The second-order valence-electron chi connectivity index (χ2n) is 2.80. The molecule has 3 nitrogen and oxygen atoms in total. The minimum atomic E-state index is 0.413. The van der Waals surface area contributed by atoms with Gasteiger partial charge in [-0.3, -0.25) is 0 Å². The van der Waals surface area contributed by atoms with E-state index in [1.807, 2.05) is 6.07 Å². The zero-order valence-electron chi connectivity index (χ0n) is 7.07. The van der Waals surface area contributed by atoms with Gasteiger partial charge < -0.3 is 5.21 Å². The minimum Gasteiger partial charge on any atom is -0.618 e. The van der Waals surface area contributed by atoms with E-state index in [1.54, 1.807) is 18.2 Å². The highest BCUT2D eigenvalue weighted by molar-refractivity contribution is 6.35. The quantitative estimate of drug-likeness (QED) is 0.487. The lowest BCUT2D eigenvalue weighted by Crippen LogP contribution is -2.26. The van der Waals surface area contributed by atoms with Crippen molar-refractivity contribution in [2.75, 3.05) is 0 Å². The van der Waals surface area contributed by atoms with Crippen molar-refractivity contribution < 1.29 is 4.73 Å². The third kappa shape index (κ3) is 1.17. The summed E-state index contributed by atoms with van der Waals surface area (Å²) in [7, 11) is 0. The average molecular weight is 205 g/mol. The molecule has 1 heterocycles. The monoisotopic (exact) mass is 204 g/mol. The van der Waals surface area contributed by atoms with Crippen molar-refractivity contribution in [1.82, 2.24) is 0 Å². The molecule has 0 aliphatic heterocycles. The first-order chi connectivity index (χ1) is 6.74. The molecule has 0 N–H and O–H groups in total. The van der Waals surface area contributed by atoms with Crippen LogP contribution in [0, 0.1) is 16.5 Å². The standard InChI is InChI=1S/C10H5ClN2O/c11-8-4-5-13(14)9-3-1-2-7(6-12)10(8)9/h1-5H. The first kappa shape index (κ1) is 8.79. The maximum absolute atomic E-state index is 11.3. The molecule has 0 fully saturated rings. The van der Waals surface area contributed by atoms with Crippen LogP contribution < -0.4 is 4.73 Å². The van der Waals surface area contributed by atoms with Gasteiger partial charge >= 0.3 is 0 Å². The molecule has 68 valence electrons. The molecule has 0 saturated carbocycles. The van der Waals surface area contributed by atoms with Gasteiger partial charge in [0.15, 0.2) is 6.20 Å². The van der Waals surface area contributed by atoms with Gasteiger partial charge in [0.25, 0.3) is 0 Å². The summed E-state index contributed by atoms with van der Waals surface area (Å²) in [6, 6.07) is 8.41. The Morgan fingerprint density at radius 2 is 2.14 bits per heavy atom. The largest absolute Gasteiger partial charge is 0.618 e. The number of nitriles is 1. The second kappa shape index (κ2) is 3.17. The van der Waals surface area contributed by atoms with Gasteiger partial charge in [0.2, 0.25) is 5.52 Å². The molecule has 1 aromatic heterocycles. The van der Waals surface area contributed by atoms with Crippen LogP contribution in [0.5, 0.6) is 0 Å². The number of halogens is 1. The van der Waals surface area contributed by atoms with Crippen LogP contribution in [0.4, 0.5) is 0 Å². The number of fused-ring (bicyclic) bond motifs is 1. The van der Waals surface area contributed by atoms with Crippen LogP contribution in [0.2, 0.25) is 5.02 Å². The molecule has 0 saturated heterocycles. The van der Waals surface area contributed by atoms with E-state index in [9.17, 15) is 5.21 Å². The topological polar surface area (TPSA) is 50.7 Å².